The molecule has 0 saturated heterocycles. The van der Waals surface area contributed by atoms with Crippen molar-refractivity contribution in [3.8, 4) is 11.8 Å². The van der Waals surface area contributed by atoms with Gasteiger partial charge in [-0.25, -0.2) is 13.2 Å². The maximum Gasteiger partial charge on any atom is 0.261 e. The van der Waals surface area contributed by atoms with Crippen molar-refractivity contribution in [3.05, 3.63) is 59.4 Å². The molecule has 2 aromatic carbocycles. The lowest BCUT2D eigenvalue weighted by Gasteiger charge is -2.15. The Bertz CT molecular complexity index is 895. The average molecular weight is 377 g/mol. The van der Waals surface area contributed by atoms with E-state index in [2.05, 4.69) is 5.32 Å². The fourth-order valence-electron chi connectivity index (χ4n) is 1.99. The van der Waals surface area contributed by atoms with E-state index in [9.17, 15) is 22.8 Å². The summed E-state index contributed by atoms with van der Waals surface area (Å²) in [6.07, 6.45) is -0.953. The lowest BCUT2D eigenvalue weighted by molar-refractivity contribution is -0.129. The molecule has 2 amide bonds. The monoisotopic (exact) mass is 377 g/mol. The van der Waals surface area contributed by atoms with Gasteiger partial charge in [-0.1, -0.05) is 0 Å². The average Bonchev–Trinajstić information content (AvgIpc) is 2.67. The molecule has 0 heterocycles. The molecule has 0 aliphatic rings. The molecule has 0 aromatic heterocycles. The third kappa shape index (κ3) is 5.22. The molecule has 0 fully saturated rings. The van der Waals surface area contributed by atoms with Crippen molar-refractivity contribution in [3.63, 3.8) is 0 Å². The molecular formula is C18H14F3N3O3. The molecule has 0 aliphatic carbocycles. The number of nitrogens with zero attached hydrogens (tertiary/aromatic N) is 1. The molecule has 140 valence electrons. The first-order valence-corrected chi connectivity index (χ1v) is 7.69. The van der Waals surface area contributed by atoms with Gasteiger partial charge in [0.15, 0.2) is 23.6 Å². The summed E-state index contributed by atoms with van der Waals surface area (Å²) in [5.41, 5.74) is -0.115. The molecule has 2 aromatic rings. The summed E-state index contributed by atoms with van der Waals surface area (Å²) in [6, 6.07) is 9.54. The highest BCUT2D eigenvalue weighted by Gasteiger charge is 2.18. The Hall–Kier alpha value is -3.54. The number of amides is 2. The lowest BCUT2D eigenvalue weighted by Crippen LogP contribution is -2.40. The SMILES string of the molecule is C[C@@H](Oc1ccc(C#N)cc1)C(=O)NCC(=O)Nc1ccc(F)c(F)c1F. The van der Waals surface area contributed by atoms with Crippen LogP contribution in [0.5, 0.6) is 5.75 Å². The molecule has 1 atom stereocenters. The highest BCUT2D eigenvalue weighted by atomic mass is 19.2. The third-order valence-corrected chi connectivity index (χ3v) is 3.40. The summed E-state index contributed by atoms with van der Waals surface area (Å²) in [7, 11) is 0. The van der Waals surface area contributed by atoms with Gasteiger partial charge >= 0.3 is 0 Å². The van der Waals surface area contributed by atoms with E-state index < -0.39 is 47.6 Å². The topological polar surface area (TPSA) is 91.2 Å². The number of hydrogen-bond acceptors (Lipinski definition) is 4. The number of rotatable bonds is 6. The van der Waals surface area contributed by atoms with E-state index in [1.54, 1.807) is 0 Å². The zero-order valence-electron chi connectivity index (χ0n) is 14.1. The highest BCUT2D eigenvalue weighted by molar-refractivity contribution is 5.95. The van der Waals surface area contributed by atoms with Crippen LogP contribution in [0.4, 0.5) is 18.9 Å². The van der Waals surface area contributed by atoms with Crippen LogP contribution in [0.3, 0.4) is 0 Å². The van der Waals surface area contributed by atoms with Crippen LogP contribution in [0.25, 0.3) is 0 Å². The van der Waals surface area contributed by atoms with E-state index in [1.165, 1.54) is 31.2 Å². The molecule has 0 radical (unpaired) electrons. The third-order valence-electron chi connectivity index (χ3n) is 3.40. The van der Waals surface area contributed by atoms with Gasteiger partial charge in [0.2, 0.25) is 5.91 Å². The van der Waals surface area contributed by atoms with Gasteiger partial charge < -0.3 is 15.4 Å². The van der Waals surface area contributed by atoms with Gasteiger partial charge in [-0.2, -0.15) is 5.26 Å². The van der Waals surface area contributed by atoms with Crippen LogP contribution in [-0.4, -0.2) is 24.5 Å². The van der Waals surface area contributed by atoms with E-state index >= 15 is 0 Å². The Morgan fingerprint density at radius 3 is 2.41 bits per heavy atom. The normalized spacial score (nSPS) is 11.2. The van der Waals surface area contributed by atoms with E-state index in [0.29, 0.717) is 17.4 Å². The number of nitriles is 1. The maximum absolute atomic E-state index is 13.5. The minimum atomic E-state index is -1.71. The number of nitrogens with one attached hydrogen (secondary N) is 2. The van der Waals surface area contributed by atoms with Gasteiger partial charge in [0, 0.05) is 0 Å². The second-order valence-corrected chi connectivity index (χ2v) is 5.39. The Labute approximate surface area is 152 Å². The van der Waals surface area contributed by atoms with Crippen LogP contribution in [0.15, 0.2) is 36.4 Å². The van der Waals surface area contributed by atoms with Gasteiger partial charge in [0.25, 0.3) is 5.91 Å². The summed E-state index contributed by atoms with van der Waals surface area (Å²) < 4.78 is 44.8. The van der Waals surface area contributed by atoms with Crippen LogP contribution >= 0.6 is 0 Å². The predicted molar refractivity (Wildman–Crippen MR) is 89.2 cm³/mol. The lowest BCUT2D eigenvalue weighted by atomic mass is 10.2. The van der Waals surface area contributed by atoms with Crippen molar-refractivity contribution < 1.29 is 27.5 Å². The minimum absolute atomic E-state index is 0.352. The van der Waals surface area contributed by atoms with E-state index in [0.717, 1.165) is 6.07 Å². The molecule has 0 unspecified atom stereocenters. The van der Waals surface area contributed by atoms with Crippen LogP contribution in [0, 0.1) is 28.8 Å². The number of ether oxygens (including phenoxy) is 1. The van der Waals surface area contributed by atoms with Crippen LogP contribution < -0.4 is 15.4 Å². The van der Waals surface area contributed by atoms with Crippen molar-refractivity contribution >= 4 is 17.5 Å². The van der Waals surface area contributed by atoms with Gasteiger partial charge in [0.05, 0.1) is 23.9 Å². The molecule has 9 heteroatoms. The van der Waals surface area contributed by atoms with Crippen LogP contribution in [0.1, 0.15) is 12.5 Å². The van der Waals surface area contributed by atoms with Crippen LogP contribution in [-0.2, 0) is 9.59 Å². The van der Waals surface area contributed by atoms with Gasteiger partial charge in [-0.05, 0) is 43.3 Å². The Morgan fingerprint density at radius 2 is 1.78 bits per heavy atom. The summed E-state index contributed by atoms with van der Waals surface area (Å²) >= 11 is 0. The Balaban J connectivity index is 1.86. The number of benzene rings is 2. The summed E-state index contributed by atoms with van der Waals surface area (Å²) in [6.45, 7) is 0.915. The smallest absolute Gasteiger partial charge is 0.261 e. The maximum atomic E-state index is 13.5. The fraction of sp³-hybridized carbons (Fsp3) is 0.167. The van der Waals surface area contributed by atoms with Crippen molar-refractivity contribution in [1.29, 1.82) is 5.26 Å². The number of hydrogen-bond donors (Lipinski definition) is 2. The van der Waals surface area contributed by atoms with Gasteiger partial charge in [0.1, 0.15) is 5.75 Å². The van der Waals surface area contributed by atoms with Crippen molar-refractivity contribution in [2.75, 3.05) is 11.9 Å². The Morgan fingerprint density at radius 1 is 1.11 bits per heavy atom. The molecule has 27 heavy (non-hydrogen) atoms. The number of carbonyl (C=O) groups excluding carboxylic acids is 2. The number of carbonyl (C=O) groups is 2. The molecular weight excluding hydrogens is 363 g/mol. The van der Waals surface area contributed by atoms with E-state index in [1.807, 2.05) is 11.4 Å². The molecule has 0 spiro atoms. The van der Waals surface area contributed by atoms with E-state index in [-0.39, 0.29) is 0 Å². The fourth-order valence-corrected chi connectivity index (χ4v) is 1.99. The summed E-state index contributed by atoms with van der Waals surface area (Å²) in [5.74, 6) is -5.73. The summed E-state index contributed by atoms with van der Waals surface area (Å²) in [4.78, 5) is 23.7. The van der Waals surface area contributed by atoms with Gasteiger partial charge in [-0.3, -0.25) is 9.59 Å². The first kappa shape index (κ1) is 19.8. The zero-order valence-corrected chi connectivity index (χ0v) is 14.1. The molecule has 0 bridgehead atoms. The Kier molecular flexibility index (Phi) is 6.38. The molecule has 0 saturated carbocycles. The largest absolute Gasteiger partial charge is 0.481 e. The molecule has 2 rings (SSSR count). The molecule has 6 nitrogen and oxygen atoms in total. The van der Waals surface area contributed by atoms with Crippen molar-refractivity contribution in [2.24, 2.45) is 0 Å². The van der Waals surface area contributed by atoms with Crippen LogP contribution in [0.2, 0.25) is 0 Å². The first-order chi connectivity index (χ1) is 12.8. The number of anilines is 1. The second kappa shape index (κ2) is 8.71. The first-order valence-electron chi connectivity index (χ1n) is 7.69. The molecule has 2 N–H and O–H groups in total. The minimum Gasteiger partial charge on any atom is -0.481 e. The standard InChI is InChI=1S/C18H14F3N3O3/c1-10(27-12-4-2-11(8-22)3-5-12)18(26)23-9-15(25)24-14-7-6-13(19)16(20)17(14)21/h2-7,10H,9H2,1H3,(H,23,26)(H,24,25)/t10-/m1/s1. The van der Waals surface area contributed by atoms with Gasteiger partial charge in [-0.15, -0.1) is 0 Å². The molecule has 0 aliphatic heterocycles. The van der Waals surface area contributed by atoms with Crippen molar-refractivity contribution in [2.45, 2.75) is 13.0 Å². The van der Waals surface area contributed by atoms with Crippen molar-refractivity contribution in [1.82, 2.24) is 5.32 Å². The second-order valence-electron chi connectivity index (χ2n) is 5.39. The predicted octanol–water partition coefficient (Wildman–Crippen LogP) is 2.50. The number of halogens is 3. The zero-order chi connectivity index (χ0) is 20.0. The summed E-state index contributed by atoms with van der Waals surface area (Å²) in [5, 5.41) is 13.0. The quantitative estimate of drug-likeness (QED) is 0.757. The highest BCUT2D eigenvalue weighted by Crippen LogP contribution is 2.19. The van der Waals surface area contributed by atoms with E-state index in [4.69, 9.17) is 10.00 Å².